The van der Waals surface area contributed by atoms with E-state index in [0.717, 1.165) is 5.21 Å². The lowest BCUT2D eigenvalue weighted by atomic mass is 10.6. The number of halogens is 1. The minimum absolute atomic E-state index is 0.744. The van der Waals surface area contributed by atoms with Gasteiger partial charge in [-0.25, -0.2) is 0 Å². The maximum Gasteiger partial charge on any atom is 0.0680 e. The minimum atomic E-state index is 0.744. The van der Waals surface area contributed by atoms with E-state index in [1.807, 2.05) is 0 Å². The molecule has 0 spiro atoms. The van der Waals surface area contributed by atoms with Gasteiger partial charge in [-0.2, -0.15) is 0 Å². The van der Waals surface area contributed by atoms with E-state index in [9.17, 15) is 0 Å². The summed E-state index contributed by atoms with van der Waals surface area (Å²) in [5.41, 5.74) is 0. The molecule has 0 radical (unpaired) electrons. The van der Waals surface area contributed by atoms with Crippen molar-refractivity contribution in [3.8, 4) is 0 Å². The van der Waals surface area contributed by atoms with Crippen LogP contribution in [0.15, 0.2) is 0 Å². The molecule has 0 atom stereocenters. The molecule has 38 valence electrons. The summed E-state index contributed by atoms with van der Waals surface area (Å²) < 4.78 is 0. The first-order chi connectivity index (χ1) is 2.91. The average molecular weight is 125 g/mol. The Balaban J connectivity index is 2.34. The minimum Gasteiger partial charge on any atom is -0.146 e. The van der Waals surface area contributed by atoms with Gasteiger partial charge in [0.05, 0.1) is 5.21 Å². The first-order valence-electron chi connectivity index (χ1n) is 2.05. The third-order valence-electron chi connectivity index (χ3n) is 0.426. The van der Waals surface area contributed by atoms with Crippen LogP contribution in [0.25, 0.3) is 0 Å². The van der Waals surface area contributed by atoms with E-state index >= 15 is 0 Å². The second kappa shape index (κ2) is 5.64. The molecular weight excluding hydrogens is 116 g/mol. The molecule has 0 N–H and O–H groups in total. The van der Waals surface area contributed by atoms with E-state index in [2.05, 4.69) is 6.92 Å². The van der Waals surface area contributed by atoms with Gasteiger partial charge in [0.15, 0.2) is 0 Å². The molecule has 0 fully saturated rings. The number of rotatable bonds is 3. The molecule has 0 aromatic rings. The van der Waals surface area contributed by atoms with Gasteiger partial charge in [0, 0.05) is 0 Å². The van der Waals surface area contributed by atoms with Crippen LogP contribution in [0.3, 0.4) is 0 Å². The van der Waals surface area contributed by atoms with E-state index in [1.165, 1.54) is 12.2 Å². The van der Waals surface area contributed by atoms with E-state index in [0.29, 0.717) is 0 Å². The largest absolute Gasteiger partial charge is 0.146 e. The Morgan fingerprint density at radius 2 is 2.33 bits per heavy atom. The molecule has 0 aromatic heterocycles. The Labute approximate surface area is 48.3 Å². The van der Waals surface area contributed by atoms with Crippen LogP contribution in [0.4, 0.5) is 0 Å². The lowest BCUT2D eigenvalue weighted by molar-refractivity contribution is 1.11. The van der Waals surface area contributed by atoms with Crippen molar-refractivity contribution in [2.45, 2.75) is 13.3 Å². The monoisotopic (exact) mass is 124 g/mol. The fourth-order valence-corrected chi connectivity index (χ4v) is 0.924. The van der Waals surface area contributed by atoms with Crippen LogP contribution in [0.5, 0.6) is 0 Å². The highest BCUT2D eigenvalue weighted by Gasteiger charge is 1.76. The summed E-state index contributed by atoms with van der Waals surface area (Å²) in [7, 11) is 0. The van der Waals surface area contributed by atoms with Gasteiger partial charge in [0.25, 0.3) is 0 Å². The van der Waals surface area contributed by atoms with E-state index < -0.39 is 0 Å². The zero-order chi connectivity index (χ0) is 4.83. The smallest absolute Gasteiger partial charge is 0.0680 e. The van der Waals surface area contributed by atoms with E-state index in [1.54, 1.807) is 11.8 Å². The molecule has 0 amide bonds. The van der Waals surface area contributed by atoms with Crippen molar-refractivity contribution in [2.24, 2.45) is 0 Å². The van der Waals surface area contributed by atoms with E-state index in [-0.39, 0.29) is 0 Å². The van der Waals surface area contributed by atoms with Gasteiger partial charge in [-0.3, -0.25) is 0 Å². The lowest BCUT2D eigenvalue weighted by Crippen LogP contribution is -1.69. The maximum atomic E-state index is 5.34. The van der Waals surface area contributed by atoms with Crippen molar-refractivity contribution in [2.75, 3.05) is 11.0 Å². The van der Waals surface area contributed by atoms with Crippen LogP contribution in [0.1, 0.15) is 13.3 Å². The van der Waals surface area contributed by atoms with Gasteiger partial charge in [-0.05, 0) is 12.2 Å². The first-order valence-corrected chi connectivity index (χ1v) is 3.74. The molecule has 0 bridgehead atoms. The number of thioether (sulfide) groups is 1. The summed E-state index contributed by atoms with van der Waals surface area (Å²) >= 11 is 7.12. The molecule has 0 nitrogen and oxygen atoms in total. The summed E-state index contributed by atoms with van der Waals surface area (Å²) in [4.78, 5) is 0. The fraction of sp³-hybridized carbons (Fsp3) is 1.00. The zero-order valence-electron chi connectivity index (χ0n) is 3.91. The van der Waals surface area contributed by atoms with Gasteiger partial charge in [-0.1, -0.05) is 6.92 Å². The van der Waals surface area contributed by atoms with Crippen molar-refractivity contribution >= 4 is 23.4 Å². The number of hydrogen-bond acceptors (Lipinski definition) is 1. The highest BCUT2D eigenvalue weighted by Crippen LogP contribution is 2.02. The predicted octanol–water partition coefficient (Wildman–Crippen LogP) is 2.33. The van der Waals surface area contributed by atoms with Crippen LogP contribution in [-0.4, -0.2) is 11.0 Å². The first kappa shape index (κ1) is 6.64. The summed E-state index contributed by atoms with van der Waals surface area (Å²) in [6.45, 7) is 2.15. The molecule has 0 unspecified atom stereocenters. The fourth-order valence-electron chi connectivity index (χ4n) is 0.199. The molecule has 0 aromatic carbocycles. The van der Waals surface area contributed by atoms with Crippen molar-refractivity contribution in [1.82, 2.24) is 0 Å². The van der Waals surface area contributed by atoms with Gasteiger partial charge in [-0.15, -0.1) is 23.4 Å². The molecule has 0 saturated heterocycles. The Hall–Kier alpha value is 0.640. The standard InChI is InChI=1S/C4H9ClS/c1-2-3-6-4-5/h2-4H2,1H3. The number of hydrogen-bond donors (Lipinski definition) is 0. The Bertz CT molecular complexity index is 19.5. The van der Waals surface area contributed by atoms with Gasteiger partial charge in [0.1, 0.15) is 0 Å². The lowest BCUT2D eigenvalue weighted by Gasteiger charge is -1.85. The highest BCUT2D eigenvalue weighted by molar-refractivity contribution is 8.00. The van der Waals surface area contributed by atoms with Crippen LogP contribution in [-0.2, 0) is 0 Å². The molecular formula is C4H9ClS. The second-order valence-corrected chi connectivity index (χ2v) is 2.71. The van der Waals surface area contributed by atoms with Crippen LogP contribution < -0.4 is 0 Å². The van der Waals surface area contributed by atoms with E-state index in [4.69, 9.17) is 11.6 Å². The second-order valence-electron chi connectivity index (χ2n) is 1.02. The summed E-state index contributed by atoms with van der Waals surface area (Å²) in [6, 6.07) is 0. The zero-order valence-corrected chi connectivity index (χ0v) is 5.48. The Kier molecular flexibility index (Phi) is 6.24. The number of alkyl halides is 1. The third-order valence-corrected chi connectivity index (χ3v) is 1.74. The Morgan fingerprint density at radius 3 is 2.50 bits per heavy atom. The highest BCUT2D eigenvalue weighted by atomic mass is 35.5. The van der Waals surface area contributed by atoms with Gasteiger partial charge in [0.2, 0.25) is 0 Å². The van der Waals surface area contributed by atoms with Crippen molar-refractivity contribution < 1.29 is 0 Å². The van der Waals surface area contributed by atoms with Crippen LogP contribution >= 0.6 is 23.4 Å². The Morgan fingerprint density at radius 1 is 1.67 bits per heavy atom. The molecule has 2 heteroatoms. The molecule has 0 saturated carbocycles. The van der Waals surface area contributed by atoms with Crippen molar-refractivity contribution in [3.05, 3.63) is 0 Å². The van der Waals surface area contributed by atoms with Crippen LogP contribution in [0, 0.1) is 0 Å². The molecule has 6 heavy (non-hydrogen) atoms. The molecule has 0 rings (SSSR count). The van der Waals surface area contributed by atoms with Gasteiger partial charge >= 0.3 is 0 Å². The molecule has 0 aliphatic heterocycles. The average Bonchev–Trinajstić information content (AvgIpc) is 1.61. The van der Waals surface area contributed by atoms with Crippen LogP contribution in [0.2, 0.25) is 0 Å². The van der Waals surface area contributed by atoms with Crippen molar-refractivity contribution in [3.63, 3.8) is 0 Å². The summed E-state index contributed by atoms with van der Waals surface area (Å²) in [5, 5.41) is 0.744. The normalized spacial score (nSPS) is 9.00. The maximum absolute atomic E-state index is 5.34. The molecule has 0 aliphatic carbocycles. The quantitative estimate of drug-likeness (QED) is 0.411. The molecule has 0 heterocycles. The van der Waals surface area contributed by atoms with Gasteiger partial charge < -0.3 is 0 Å². The summed E-state index contributed by atoms with van der Waals surface area (Å²) in [5.74, 6) is 1.20. The predicted molar refractivity (Wildman–Crippen MR) is 33.5 cm³/mol. The van der Waals surface area contributed by atoms with Crippen molar-refractivity contribution in [1.29, 1.82) is 0 Å². The summed E-state index contributed by atoms with van der Waals surface area (Å²) in [6.07, 6.45) is 1.23. The SMILES string of the molecule is CCCSCCl. The third kappa shape index (κ3) is 4.64. The molecule has 0 aliphatic rings. The topological polar surface area (TPSA) is 0 Å².